The molecule has 5 nitrogen and oxygen atoms in total. The number of aromatic nitrogens is 2. The number of hydrogen-bond acceptors (Lipinski definition) is 5. The highest BCUT2D eigenvalue weighted by molar-refractivity contribution is 5.79. The molecule has 0 spiro atoms. The number of halogens is 2. The Hall–Kier alpha value is -3.09. The summed E-state index contributed by atoms with van der Waals surface area (Å²) in [5.41, 5.74) is 0.907. The van der Waals surface area contributed by atoms with E-state index in [1.54, 1.807) is 18.2 Å². The molecule has 116 valence electrons. The third-order valence-corrected chi connectivity index (χ3v) is 2.92. The average molecular weight is 315 g/mol. The summed E-state index contributed by atoms with van der Waals surface area (Å²) in [6.45, 7) is -0.0564. The highest BCUT2D eigenvalue weighted by Gasteiger charge is 2.08. The molecular formula is C16H11F2N3O2. The lowest BCUT2D eigenvalue weighted by Gasteiger charge is -1.96. The van der Waals surface area contributed by atoms with Crippen LogP contribution in [0, 0.1) is 11.6 Å². The fourth-order valence-corrected chi connectivity index (χ4v) is 1.79. The summed E-state index contributed by atoms with van der Waals surface area (Å²) in [6.07, 6.45) is 1.26. The minimum Gasteiger partial charge on any atom is -0.417 e. The van der Waals surface area contributed by atoms with E-state index in [1.165, 1.54) is 36.5 Å². The molecule has 0 aliphatic carbocycles. The lowest BCUT2D eigenvalue weighted by Crippen LogP contribution is -1.90. The van der Waals surface area contributed by atoms with Crippen LogP contribution >= 0.6 is 0 Å². The van der Waals surface area contributed by atoms with Gasteiger partial charge in [-0.25, -0.2) is 8.78 Å². The fraction of sp³-hybridized carbons (Fsp3) is 0.0625. The van der Waals surface area contributed by atoms with Gasteiger partial charge in [0.05, 0.1) is 6.21 Å². The van der Waals surface area contributed by atoms with E-state index >= 15 is 0 Å². The molecule has 0 amide bonds. The maximum atomic E-state index is 13.3. The van der Waals surface area contributed by atoms with Gasteiger partial charge in [0.25, 0.3) is 5.89 Å². The SMILES string of the molecule is Fc1ccc(-c2nnc(CO/N=C\c3ccccc3F)o2)cc1. The molecule has 3 rings (SSSR count). The Morgan fingerprint density at radius 1 is 1.04 bits per heavy atom. The Balaban J connectivity index is 1.59. The standard InChI is InChI=1S/C16H11F2N3O2/c17-13-7-5-11(6-8-13)16-21-20-15(23-16)10-22-19-9-12-3-1-2-4-14(12)18/h1-9H,10H2/b19-9-. The van der Waals surface area contributed by atoms with Gasteiger partial charge in [0, 0.05) is 11.1 Å². The smallest absolute Gasteiger partial charge is 0.257 e. The van der Waals surface area contributed by atoms with Crippen molar-refractivity contribution in [2.45, 2.75) is 6.61 Å². The molecule has 0 fully saturated rings. The van der Waals surface area contributed by atoms with Gasteiger partial charge in [0.1, 0.15) is 11.6 Å². The predicted octanol–water partition coefficient (Wildman–Crippen LogP) is 3.57. The summed E-state index contributed by atoms with van der Waals surface area (Å²) in [7, 11) is 0. The third-order valence-electron chi connectivity index (χ3n) is 2.92. The van der Waals surface area contributed by atoms with Gasteiger partial charge in [0.15, 0.2) is 6.61 Å². The molecule has 0 bridgehead atoms. The van der Waals surface area contributed by atoms with Crippen molar-refractivity contribution >= 4 is 6.21 Å². The monoisotopic (exact) mass is 315 g/mol. The third kappa shape index (κ3) is 3.76. The van der Waals surface area contributed by atoms with Gasteiger partial charge in [-0.15, -0.1) is 10.2 Å². The lowest BCUT2D eigenvalue weighted by atomic mass is 10.2. The first-order valence-electron chi connectivity index (χ1n) is 6.70. The van der Waals surface area contributed by atoms with E-state index in [9.17, 15) is 8.78 Å². The number of nitrogens with zero attached hydrogens (tertiary/aromatic N) is 3. The number of oxime groups is 1. The van der Waals surface area contributed by atoms with Crippen LogP contribution in [0.1, 0.15) is 11.5 Å². The van der Waals surface area contributed by atoms with Crippen molar-refractivity contribution in [1.82, 2.24) is 10.2 Å². The highest BCUT2D eigenvalue weighted by Crippen LogP contribution is 2.18. The van der Waals surface area contributed by atoms with Gasteiger partial charge in [-0.05, 0) is 30.3 Å². The molecule has 0 radical (unpaired) electrons. The second-order valence-electron chi connectivity index (χ2n) is 4.54. The minimum atomic E-state index is -0.392. The first-order chi connectivity index (χ1) is 11.2. The molecule has 1 aromatic heterocycles. The zero-order valence-corrected chi connectivity index (χ0v) is 11.8. The molecule has 0 aliphatic rings. The minimum absolute atomic E-state index is 0.0564. The van der Waals surface area contributed by atoms with Crippen molar-refractivity contribution < 1.29 is 18.0 Å². The Kier molecular flexibility index (Phi) is 4.37. The zero-order chi connectivity index (χ0) is 16.1. The molecule has 23 heavy (non-hydrogen) atoms. The first kappa shape index (κ1) is 14.8. The van der Waals surface area contributed by atoms with Gasteiger partial charge in [0.2, 0.25) is 5.89 Å². The molecule has 0 unspecified atom stereocenters. The van der Waals surface area contributed by atoms with E-state index < -0.39 is 5.82 Å². The van der Waals surface area contributed by atoms with Crippen molar-refractivity contribution in [2.24, 2.45) is 5.16 Å². The lowest BCUT2D eigenvalue weighted by molar-refractivity contribution is 0.112. The van der Waals surface area contributed by atoms with Gasteiger partial charge in [-0.2, -0.15) is 0 Å². The van der Waals surface area contributed by atoms with Crippen molar-refractivity contribution in [1.29, 1.82) is 0 Å². The van der Waals surface area contributed by atoms with Crippen molar-refractivity contribution in [3.8, 4) is 11.5 Å². The molecule has 0 atom stereocenters. The molecule has 1 heterocycles. The predicted molar refractivity (Wildman–Crippen MR) is 78.5 cm³/mol. The van der Waals surface area contributed by atoms with Crippen LogP contribution in [0.2, 0.25) is 0 Å². The Bertz CT molecular complexity index is 816. The van der Waals surface area contributed by atoms with Gasteiger partial charge in [-0.1, -0.05) is 23.4 Å². The Morgan fingerprint density at radius 2 is 1.83 bits per heavy atom. The second kappa shape index (κ2) is 6.78. The van der Waals surface area contributed by atoms with Crippen molar-refractivity contribution in [2.75, 3.05) is 0 Å². The van der Waals surface area contributed by atoms with Crippen LogP contribution in [0.15, 0.2) is 58.1 Å². The van der Waals surface area contributed by atoms with Crippen LogP contribution in [0.4, 0.5) is 8.78 Å². The average Bonchev–Trinajstić information content (AvgIpc) is 3.03. The number of benzene rings is 2. The highest BCUT2D eigenvalue weighted by atomic mass is 19.1. The van der Waals surface area contributed by atoms with Crippen molar-refractivity contribution in [3.05, 3.63) is 71.6 Å². The largest absolute Gasteiger partial charge is 0.417 e. The Morgan fingerprint density at radius 3 is 2.61 bits per heavy atom. The molecule has 0 saturated carbocycles. The van der Waals surface area contributed by atoms with Crippen LogP contribution in [0.25, 0.3) is 11.5 Å². The molecule has 0 aliphatic heterocycles. The second-order valence-corrected chi connectivity index (χ2v) is 4.54. The molecule has 0 saturated heterocycles. The van der Waals surface area contributed by atoms with E-state index in [1.807, 2.05) is 0 Å². The van der Waals surface area contributed by atoms with Crippen LogP contribution in [0.5, 0.6) is 0 Å². The van der Waals surface area contributed by atoms with Crippen LogP contribution in [0.3, 0.4) is 0 Å². The molecule has 7 heteroatoms. The Labute approximate surface area is 130 Å². The number of rotatable bonds is 5. The van der Waals surface area contributed by atoms with E-state index in [-0.39, 0.29) is 24.2 Å². The quantitative estimate of drug-likeness (QED) is 0.533. The maximum Gasteiger partial charge on any atom is 0.257 e. The number of hydrogen-bond donors (Lipinski definition) is 0. The normalized spacial score (nSPS) is 11.0. The zero-order valence-electron chi connectivity index (χ0n) is 11.8. The van der Waals surface area contributed by atoms with Gasteiger partial charge < -0.3 is 9.25 Å². The van der Waals surface area contributed by atoms with Crippen LogP contribution in [-0.4, -0.2) is 16.4 Å². The fourth-order valence-electron chi connectivity index (χ4n) is 1.79. The summed E-state index contributed by atoms with van der Waals surface area (Å²) in [6, 6.07) is 11.8. The van der Waals surface area contributed by atoms with E-state index in [0.29, 0.717) is 11.1 Å². The molecular weight excluding hydrogens is 304 g/mol. The molecule has 2 aromatic carbocycles. The summed E-state index contributed by atoms with van der Waals surface area (Å²) in [5.74, 6) is -0.285. The summed E-state index contributed by atoms with van der Waals surface area (Å²) >= 11 is 0. The van der Waals surface area contributed by atoms with E-state index in [2.05, 4.69) is 15.4 Å². The first-order valence-corrected chi connectivity index (χ1v) is 6.70. The van der Waals surface area contributed by atoms with Crippen LogP contribution in [-0.2, 0) is 11.4 Å². The van der Waals surface area contributed by atoms with Crippen LogP contribution < -0.4 is 0 Å². The van der Waals surface area contributed by atoms with E-state index in [4.69, 9.17) is 9.25 Å². The topological polar surface area (TPSA) is 60.5 Å². The molecule has 3 aromatic rings. The maximum absolute atomic E-state index is 13.3. The summed E-state index contributed by atoms with van der Waals surface area (Å²) in [4.78, 5) is 4.99. The van der Waals surface area contributed by atoms with E-state index in [0.717, 1.165) is 0 Å². The summed E-state index contributed by atoms with van der Waals surface area (Å²) < 4.78 is 31.6. The molecule has 0 N–H and O–H groups in total. The summed E-state index contributed by atoms with van der Waals surface area (Å²) in [5, 5.41) is 11.3. The van der Waals surface area contributed by atoms with Gasteiger partial charge >= 0.3 is 0 Å². The van der Waals surface area contributed by atoms with Crippen molar-refractivity contribution in [3.63, 3.8) is 0 Å². The van der Waals surface area contributed by atoms with Gasteiger partial charge in [-0.3, -0.25) is 0 Å².